The third-order valence-corrected chi connectivity index (χ3v) is 7.21. The van der Waals surface area contributed by atoms with Crippen LogP contribution in [0.25, 0.3) is 0 Å². The number of carbonyl (C=O) groups is 1. The molecule has 0 spiro atoms. The van der Waals surface area contributed by atoms with Crippen LogP contribution in [-0.2, 0) is 4.79 Å². The Hall–Kier alpha value is -2.84. The van der Waals surface area contributed by atoms with Crippen molar-refractivity contribution in [3.05, 3.63) is 65.1 Å². The Morgan fingerprint density at radius 3 is 2.55 bits per heavy atom. The van der Waals surface area contributed by atoms with Crippen LogP contribution in [0.3, 0.4) is 0 Å². The van der Waals surface area contributed by atoms with Gasteiger partial charge >= 0.3 is 0 Å². The quantitative estimate of drug-likeness (QED) is 0.440. The predicted molar refractivity (Wildman–Crippen MR) is 128 cm³/mol. The molecule has 2 aliphatic heterocycles. The second kappa shape index (κ2) is 9.11. The summed E-state index contributed by atoms with van der Waals surface area (Å²) in [5.74, 6) is 1.52. The Morgan fingerprint density at radius 2 is 1.87 bits per heavy atom. The molecule has 1 amide bonds. The van der Waals surface area contributed by atoms with Crippen molar-refractivity contribution in [2.75, 3.05) is 32.2 Å². The first-order valence-corrected chi connectivity index (χ1v) is 11.4. The second-order valence-electron chi connectivity index (χ2n) is 6.76. The Morgan fingerprint density at radius 1 is 1.13 bits per heavy atom. The molecule has 2 heterocycles. The van der Waals surface area contributed by atoms with Gasteiger partial charge in [0.25, 0.3) is 5.91 Å². The standard InChI is InChI=1S/C23H23N3O3S2/c1-5-13-26-21(27)20(22-25(3)18-14-17(28-4)11-12-19(18)30-22)31-23(26)24-15-7-9-16(10-8-15)29-6-2/h5,7-12,14H,1,6,13H2,2-4H3. The van der Waals surface area contributed by atoms with Crippen molar-refractivity contribution in [1.82, 2.24) is 4.90 Å². The van der Waals surface area contributed by atoms with Crippen LogP contribution in [0.15, 0.2) is 74.9 Å². The molecule has 1 fully saturated rings. The van der Waals surface area contributed by atoms with Crippen molar-refractivity contribution >= 4 is 46.0 Å². The fourth-order valence-electron chi connectivity index (χ4n) is 3.26. The van der Waals surface area contributed by atoms with Gasteiger partial charge in [-0.05, 0) is 55.1 Å². The van der Waals surface area contributed by atoms with Crippen molar-refractivity contribution in [1.29, 1.82) is 0 Å². The number of hydrogen-bond donors (Lipinski definition) is 0. The van der Waals surface area contributed by atoms with E-state index in [9.17, 15) is 4.79 Å². The van der Waals surface area contributed by atoms with Gasteiger partial charge in [0.15, 0.2) is 5.17 Å². The van der Waals surface area contributed by atoms with Crippen LogP contribution < -0.4 is 14.4 Å². The van der Waals surface area contributed by atoms with Crippen LogP contribution in [-0.4, -0.2) is 43.3 Å². The monoisotopic (exact) mass is 453 g/mol. The molecule has 0 aliphatic carbocycles. The Labute approximate surface area is 190 Å². The van der Waals surface area contributed by atoms with Gasteiger partial charge in [0, 0.05) is 24.6 Å². The molecule has 2 aliphatic rings. The van der Waals surface area contributed by atoms with E-state index in [1.807, 2.05) is 61.3 Å². The van der Waals surface area contributed by atoms with Gasteiger partial charge in [0.05, 0.1) is 30.1 Å². The lowest BCUT2D eigenvalue weighted by atomic mass is 10.3. The molecule has 2 aromatic rings. The zero-order chi connectivity index (χ0) is 22.0. The van der Waals surface area contributed by atoms with Crippen LogP contribution in [0, 0.1) is 0 Å². The molecule has 0 unspecified atom stereocenters. The van der Waals surface area contributed by atoms with Crippen LogP contribution in [0.5, 0.6) is 11.5 Å². The SMILES string of the molecule is C=CCN1C(=O)C(=C2Sc3ccc(OC)cc3N2C)SC1=Nc1ccc(OCC)cc1. The zero-order valence-corrected chi connectivity index (χ0v) is 19.3. The highest BCUT2D eigenvalue weighted by atomic mass is 32.2. The summed E-state index contributed by atoms with van der Waals surface area (Å²) in [5, 5.41) is 1.53. The third-order valence-electron chi connectivity index (χ3n) is 4.78. The summed E-state index contributed by atoms with van der Waals surface area (Å²) in [7, 11) is 3.62. The van der Waals surface area contributed by atoms with Crippen LogP contribution in [0.4, 0.5) is 11.4 Å². The second-order valence-corrected chi connectivity index (χ2v) is 8.76. The maximum atomic E-state index is 13.3. The van der Waals surface area contributed by atoms with Crippen molar-refractivity contribution in [3.63, 3.8) is 0 Å². The van der Waals surface area contributed by atoms with Crippen LogP contribution in [0.2, 0.25) is 0 Å². The summed E-state index contributed by atoms with van der Waals surface area (Å²) in [4.78, 5) is 23.5. The summed E-state index contributed by atoms with van der Waals surface area (Å²) in [5.41, 5.74) is 1.78. The van der Waals surface area contributed by atoms with Gasteiger partial charge in [-0.15, -0.1) is 6.58 Å². The van der Waals surface area contributed by atoms with Gasteiger partial charge in [0.2, 0.25) is 0 Å². The number of carbonyl (C=O) groups excluding carboxylic acids is 1. The maximum absolute atomic E-state index is 13.3. The number of aliphatic imine (C=N–C) groups is 1. The Balaban J connectivity index is 1.67. The van der Waals surface area contributed by atoms with E-state index in [4.69, 9.17) is 14.5 Å². The maximum Gasteiger partial charge on any atom is 0.269 e. The molecule has 160 valence electrons. The van der Waals surface area contributed by atoms with Gasteiger partial charge in [-0.25, -0.2) is 4.99 Å². The molecule has 6 nitrogen and oxygen atoms in total. The van der Waals surface area contributed by atoms with Gasteiger partial charge < -0.3 is 14.4 Å². The Kier molecular flexibility index (Phi) is 6.29. The molecule has 2 aromatic carbocycles. The highest BCUT2D eigenvalue weighted by molar-refractivity contribution is 8.19. The van der Waals surface area contributed by atoms with E-state index in [0.717, 1.165) is 32.8 Å². The average Bonchev–Trinajstić information content (AvgIpc) is 3.26. The molecule has 0 bridgehead atoms. The van der Waals surface area contributed by atoms with Crippen LogP contribution >= 0.6 is 23.5 Å². The van der Waals surface area contributed by atoms with Crippen molar-refractivity contribution in [2.45, 2.75) is 11.8 Å². The molecule has 0 N–H and O–H groups in total. The molecule has 8 heteroatoms. The molecule has 1 saturated heterocycles. The lowest BCUT2D eigenvalue weighted by Gasteiger charge is -2.15. The van der Waals surface area contributed by atoms with E-state index in [1.54, 1.807) is 29.8 Å². The molecule has 4 rings (SSSR count). The molecule has 0 aromatic heterocycles. The minimum absolute atomic E-state index is 0.0660. The smallest absolute Gasteiger partial charge is 0.269 e. The number of anilines is 1. The summed E-state index contributed by atoms with van der Waals surface area (Å²) in [6, 6.07) is 13.5. The molecule has 0 atom stereocenters. The van der Waals surface area contributed by atoms with E-state index in [0.29, 0.717) is 23.2 Å². The van der Waals surface area contributed by atoms with Gasteiger partial charge in [0.1, 0.15) is 16.4 Å². The number of hydrogen-bond acceptors (Lipinski definition) is 7. The molecular formula is C23H23N3O3S2. The highest BCUT2D eigenvalue weighted by Crippen LogP contribution is 2.51. The number of ether oxygens (including phenoxy) is 2. The average molecular weight is 454 g/mol. The summed E-state index contributed by atoms with van der Waals surface area (Å²) >= 11 is 2.98. The van der Waals surface area contributed by atoms with E-state index in [1.165, 1.54) is 11.8 Å². The van der Waals surface area contributed by atoms with Gasteiger partial charge in [-0.3, -0.25) is 9.69 Å². The number of nitrogens with zero attached hydrogens (tertiary/aromatic N) is 3. The molecule has 0 radical (unpaired) electrons. The number of amidine groups is 1. The topological polar surface area (TPSA) is 54.4 Å². The number of rotatable bonds is 6. The first-order valence-electron chi connectivity index (χ1n) is 9.81. The number of benzene rings is 2. The fraction of sp³-hybridized carbons (Fsp3) is 0.217. The molecule has 31 heavy (non-hydrogen) atoms. The van der Waals surface area contributed by atoms with Crippen molar-refractivity contribution in [2.24, 2.45) is 4.99 Å². The number of thioether (sulfide) groups is 2. The predicted octanol–water partition coefficient (Wildman–Crippen LogP) is 5.25. The minimum atomic E-state index is -0.0660. The Bertz CT molecular complexity index is 1080. The normalized spacial score (nSPS) is 19.2. The van der Waals surface area contributed by atoms with Gasteiger partial charge in [-0.2, -0.15) is 0 Å². The lowest BCUT2D eigenvalue weighted by molar-refractivity contribution is -0.121. The fourth-order valence-corrected chi connectivity index (χ4v) is 5.59. The summed E-state index contributed by atoms with van der Waals surface area (Å²) < 4.78 is 10.8. The van der Waals surface area contributed by atoms with E-state index in [-0.39, 0.29) is 5.91 Å². The van der Waals surface area contributed by atoms with E-state index >= 15 is 0 Å². The first-order chi connectivity index (χ1) is 15.0. The van der Waals surface area contributed by atoms with Crippen molar-refractivity contribution in [3.8, 4) is 11.5 Å². The minimum Gasteiger partial charge on any atom is -0.497 e. The van der Waals surface area contributed by atoms with Gasteiger partial charge in [-0.1, -0.05) is 17.8 Å². The zero-order valence-electron chi connectivity index (χ0n) is 17.6. The number of methoxy groups -OCH3 is 1. The molecular weight excluding hydrogens is 430 g/mol. The number of amides is 1. The first kappa shape index (κ1) is 21.4. The number of fused-ring (bicyclic) bond motifs is 1. The van der Waals surface area contributed by atoms with Crippen LogP contribution in [0.1, 0.15) is 6.92 Å². The van der Waals surface area contributed by atoms with E-state index < -0.39 is 0 Å². The van der Waals surface area contributed by atoms with Crippen molar-refractivity contribution < 1.29 is 14.3 Å². The lowest BCUT2D eigenvalue weighted by Crippen LogP contribution is -2.29. The van der Waals surface area contributed by atoms with E-state index in [2.05, 4.69) is 6.58 Å². The largest absolute Gasteiger partial charge is 0.497 e. The summed E-state index contributed by atoms with van der Waals surface area (Å²) in [6.07, 6.45) is 1.71. The summed E-state index contributed by atoms with van der Waals surface area (Å²) in [6.45, 7) is 6.76. The highest BCUT2D eigenvalue weighted by Gasteiger charge is 2.38. The molecule has 0 saturated carbocycles. The third kappa shape index (κ3) is 4.18.